The number of rotatable bonds is 5. The second-order valence-electron chi connectivity index (χ2n) is 4.00. The Hall–Kier alpha value is -0.740. The average molecular weight is 241 g/mol. The maximum absolute atomic E-state index is 13.6. The van der Waals surface area contributed by atoms with Gasteiger partial charge in [-0.1, -0.05) is 6.07 Å². The molecule has 0 aliphatic carbocycles. The van der Waals surface area contributed by atoms with Gasteiger partial charge in [-0.2, -0.15) is 11.8 Å². The topological polar surface area (TPSA) is 21.3 Å². The van der Waals surface area contributed by atoms with E-state index in [1.54, 1.807) is 24.9 Å². The summed E-state index contributed by atoms with van der Waals surface area (Å²) >= 11 is 1.80. The lowest BCUT2D eigenvalue weighted by Gasteiger charge is -2.26. The molecule has 16 heavy (non-hydrogen) atoms. The summed E-state index contributed by atoms with van der Waals surface area (Å²) in [4.78, 5) is 0. The molecule has 88 valence electrons. The molecule has 0 atom stereocenters. The van der Waals surface area contributed by atoms with Gasteiger partial charge in [-0.05, 0) is 36.4 Å². The molecule has 0 bridgehead atoms. The van der Waals surface area contributed by atoms with E-state index in [0.717, 1.165) is 36.1 Å². The minimum absolute atomic E-state index is 0.168. The van der Waals surface area contributed by atoms with E-state index < -0.39 is 0 Å². The first-order valence-corrected chi connectivity index (χ1v) is 6.56. The van der Waals surface area contributed by atoms with Crippen LogP contribution in [0.4, 0.5) is 4.39 Å². The average Bonchev–Trinajstić information content (AvgIpc) is 2.23. The summed E-state index contributed by atoms with van der Waals surface area (Å²) in [6, 6.07) is 5.06. The summed E-state index contributed by atoms with van der Waals surface area (Å²) in [5, 5.41) is 3.23. The van der Waals surface area contributed by atoms with Gasteiger partial charge in [0.25, 0.3) is 0 Å². The maximum Gasteiger partial charge on any atom is 0.130 e. The summed E-state index contributed by atoms with van der Waals surface area (Å²) in [7, 11) is 1.55. The highest BCUT2D eigenvalue weighted by molar-refractivity contribution is 7.98. The summed E-state index contributed by atoms with van der Waals surface area (Å²) in [6.07, 6.45) is 0. The van der Waals surface area contributed by atoms with Gasteiger partial charge in [0, 0.05) is 11.8 Å². The fourth-order valence-corrected chi connectivity index (χ4v) is 2.71. The molecule has 0 unspecified atom stereocenters. The molecule has 0 amide bonds. The van der Waals surface area contributed by atoms with Gasteiger partial charge in [0.15, 0.2) is 0 Å². The minimum Gasteiger partial charge on any atom is -0.497 e. The van der Waals surface area contributed by atoms with Crippen molar-refractivity contribution in [1.82, 2.24) is 5.32 Å². The van der Waals surface area contributed by atoms with Gasteiger partial charge in [-0.3, -0.25) is 0 Å². The number of methoxy groups -OCH3 is 1. The van der Waals surface area contributed by atoms with E-state index >= 15 is 0 Å². The van der Waals surface area contributed by atoms with Crippen molar-refractivity contribution in [3.8, 4) is 5.75 Å². The molecule has 2 rings (SSSR count). The van der Waals surface area contributed by atoms with Crippen LogP contribution in [0.25, 0.3) is 0 Å². The van der Waals surface area contributed by atoms with Gasteiger partial charge >= 0.3 is 0 Å². The van der Waals surface area contributed by atoms with Gasteiger partial charge in [0.1, 0.15) is 11.6 Å². The molecular weight excluding hydrogens is 225 g/mol. The summed E-state index contributed by atoms with van der Waals surface area (Å²) < 4.78 is 18.5. The predicted octanol–water partition coefficient (Wildman–Crippen LogP) is 2.29. The molecule has 1 N–H and O–H groups in total. The zero-order valence-electron chi connectivity index (χ0n) is 9.33. The van der Waals surface area contributed by atoms with Crippen LogP contribution < -0.4 is 10.1 Å². The predicted molar refractivity (Wildman–Crippen MR) is 65.5 cm³/mol. The summed E-state index contributed by atoms with van der Waals surface area (Å²) in [6.45, 7) is 2.22. The third kappa shape index (κ3) is 2.89. The Morgan fingerprint density at radius 2 is 2.31 bits per heavy atom. The number of hydrogen-bond donors (Lipinski definition) is 1. The lowest BCUT2D eigenvalue weighted by molar-refractivity contribution is 0.385. The van der Waals surface area contributed by atoms with Gasteiger partial charge in [-0.25, -0.2) is 4.39 Å². The third-order valence-electron chi connectivity index (χ3n) is 2.74. The molecule has 0 spiro atoms. The molecule has 2 nitrogen and oxygen atoms in total. The van der Waals surface area contributed by atoms with Gasteiger partial charge in [0.2, 0.25) is 0 Å². The molecule has 1 aliphatic rings. The highest BCUT2D eigenvalue weighted by Gasteiger charge is 2.16. The van der Waals surface area contributed by atoms with Crippen LogP contribution in [0.5, 0.6) is 5.75 Å². The van der Waals surface area contributed by atoms with Crippen molar-refractivity contribution in [2.45, 2.75) is 5.75 Å². The van der Waals surface area contributed by atoms with E-state index in [4.69, 9.17) is 4.74 Å². The minimum atomic E-state index is -0.168. The van der Waals surface area contributed by atoms with Crippen molar-refractivity contribution in [1.29, 1.82) is 0 Å². The number of hydrogen-bond acceptors (Lipinski definition) is 3. The van der Waals surface area contributed by atoms with Crippen molar-refractivity contribution >= 4 is 11.8 Å². The van der Waals surface area contributed by atoms with E-state index in [0.29, 0.717) is 5.75 Å². The SMILES string of the molecule is COc1ccc(CSCC2CNC2)c(F)c1. The molecule has 0 aromatic heterocycles. The first-order valence-electron chi connectivity index (χ1n) is 5.40. The van der Waals surface area contributed by atoms with Crippen LogP contribution >= 0.6 is 11.8 Å². The van der Waals surface area contributed by atoms with E-state index in [2.05, 4.69) is 5.32 Å². The molecule has 1 fully saturated rings. The molecule has 1 aromatic rings. The highest BCUT2D eigenvalue weighted by Crippen LogP contribution is 2.22. The van der Waals surface area contributed by atoms with Gasteiger partial charge in [-0.15, -0.1) is 0 Å². The monoisotopic (exact) mass is 241 g/mol. The fraction of sp³-hybridized carbons (Fsp3) is 0.500. The van der Waals surface area contributed by atoms with E-state index in [-0.39, 0.29) is 5.82 Å². The number of ether oxygens (including phenoxy) is 1. The van der Waals surface area contributed by atoms with Crippen LogP contribution in [0.3, 0.4) is 0 Å². The summed E-state index contributed by atoms with van der Waals surface area (Å²) in [5.74, 6) is 3.03. The van der Waals surface area contributed by atoms with Gasteiger partial charge in [0.05, 0.1) is 7.11 Å². The van der Waals surface area contributed by atoms with Crippen LogP contribution in [0.15, 0.2) is 18.2 Å². The van der Waals surface area contributed by atoms with Crippen molar-refractivity contribution in [2.24, 2.45) is 5.92 Å². The Morgan fingerprint density at radius 1 is 1.50 bits per heavy atom. The molecule has 0 saturated carbocycles. The Balaban J connectivity index is 1.83. The zero-order chi connectivity index (χ0) is 11.4. The largest absolute Gasteiger partial charge is 0.497 e. The lowest BCUT2D eigenvalue weighted by atomic mass is 10.1. The van der Waals surface area contributed by atoms with Crippen molar-refractivity contribution in [2.75, 3.05) is 26.0 Å². The van der Waals surface area contributed by atoms with Crippen molar-refractivity contribution in [3.05, 3.63) is 29.6 Å². The molecule has 1 aromatic carbocycles. The zero-order valence-corrected chi connectivity index (χ0v) is 10.1. The van der Waals surface area contributed by atoms with Crippen molar-refractivity contribution < 1.29 is 9.13 Å². The fourth-order valence-electron chi connectivity index (χ4n) is 1.57. The highest BCUT2D eigenvalue weighted by atomic mass is 32.2. The number of nitrogens with one attached hydrogen (secondary N) is 1. The Morgan fingerprint density at radius 3 is 2.88 bits per heavy atom. The van der Waals surface area contributed by atoms with Gasteiger partial charge < -0.3 is 10.1 Å². The van der Waals surface area contributed by atoms with Crippen LogP contribution in [0.1, 0.15) is 5.56 Å². The number of benzene rings is 1. The Bertz CT molecular complexity index is 355. The molecule has 1 heterocycles. The normalized spacial score (nSPS) is 15.9. The molecule has 1 aliphatic heterocycles. The van der Waals surface area contributed by atoms with Crippen LogP contribution in [-0.4, -0.2) is 26.0 Å². The molecular formula is C12H16FNOS. The van der Waals surface area contributed by atoms with Crippen LogP contribution in [-0.2, 0) is 5.75 Å². The lowest BCUT2D eigenvalue weighted by Crippen LogP contribution is -2.43. The first kappa shape index (κ1) is 11.7. The summed E-state index contributed by atoms with van der Waals surface area (Å²) in [5.41, 5.74) is 0.762. The smallest absolute Gasteiger partial charge is 0.130 e. The number of halogens is 1. The Labute approximate surface area is 99.6 Å². The standard InChI is InChI=1S/C12H16FNOS/c1-15-11-3-2-10(12(13)4-11)8-16-7-9-5-14-6-9/h2-4,9,14H,5-8H2,1H3. The second-order valence-corrected chi connectivity index (χ2v) is 5.03. The van der Waals surface area contributed by atoms with Crippen LogP contribution in [0, 0.1) is 11.7 Å². The van der Waals surface area contributed by atoms with E-state index in [9.17, 15) is 4.39 Å². The number of thioether (sulfide) groups is 1. The quantitative estimate of drug-likeness (QED) is 0.854. The Kier molecular flexibility index (Phi) is 4.07. The molecule has 4 heteroatoms. The second kappa shape index (κ2) is 5.55. The van der Waals surface area contributed by atoms with E-state index in [1.165, 1.54) is 6.07 Å². The van der Waals surface area contributed by atoms with Crippen molar-refractivity contribution in [3.63, 3.8) is 0 Å². The molecule has 0 radical (unpaired) electrons. The third-order valence-corrected chi connectivity index (χ3v) is 3.96. The van der Waals surface area contributed by atoms with Crippen LogP contribution in [0.2, 0.25) is 0 Å². The van der Waals surface area contributed by atoms with E-state index in [1.807, 2.05) is 6.07 Å². The maximum atomic E-state index is 13.6. The first-order chi connectivity index (χ1) is 7.79. The molecule has 1 saturated heterocycles.